The molecule has 1 aromatic heterocycles. The monoisotopic (exact) mass is 200 g/mol. The van der Waals surface area contributed by atoms with Gasteiger partial charge in [-0.3, -0.25) is 4.98 Å². The average molecular weight is 200 g/mol. The van der Waals surface area contributed by atoms with Gasteiger partial charge in [0.15, 0.2) is 0 Å². The Bertz CT molecular complexity index is 437. The number of unbranched alkanes of at least 4 members (excludes halogenated alkanes) is 1. The molecule has 0 fully saturated rings. The molecule has 0 atom stereocenters. The Morgan fingerprint density at radius 1 is 1.27 bits per heavy atom. The molecule has 0 amide bonds. The highest BCUT2D eigenvalue weighted by molar-refractivity contribution is 5.81. The van der Waals surface area contributed by atoms with Crippen LogP contribution in [0.2, 0.25) is 0 Å². The fraction of sp³-hybridized carbons (Fsp3) is 0.308. The molecule has 1 heterocycles. The summed E-state index contributed by atoms with van der Waals surface area (Å²) in [5.74, 6) is 0. The molecule has 2 heteroatoms. The third-order valence-corrected chi connectivity index (χ3v) is 2.47. The van der Waals surface area contributed by atoms with Crippen LogP contribution in [0, 0.1) is 0 Å². The van der Waals surface area contributed by atoms with E-state index in [1.54, 1.807) is 0 Å². The number of fused-ring (bicyclic) bond motifs is 1. The van der Waals surface area contributed by atoms with Gasteiger partial charge in [-0.25, -0.2) is 0 Å². The molecular weight excluding hydrogens is 184 g/mol. The Balaban J connectivity index is 2.16. The number of hydrogen-bond donors (Lipinski definition) is 1. The van der Waals surface area contributed by atoms with E-state index < -0.39 is 0 Å². The van der Waals surface area contributed by atoms with Crippen molar-refractivity contribution in [2.45, 2.75) is 19.8 Å². The second-order valence-corrected chi connectivity index (χ2v) is 3.69. The summed E-state index contributed by atoms with van der Waals surface area (Å²) in [5, 5.41) is 4.59. The number of pyridine rings is 1. The van der Waals surface area contributed by atoms with Gasteiger partial charge in [0.25, 0.3) is 0 Å². The molecule has 1 N–H and O–H groups in total. The maximum atomic E-state index is 4.33. The number of benzene rings is 1. The van der Waals surface area contributed by atoms with Gasteiger partial charge in [0.1, 0.15) is 0 Å². The van der Waals surface area contributed by atoms with Crippen LogP contribution in [0.5, 0.6) is 0 Å². The van der Waals surface area contributed by atoms with Crippen molar-refractivity contribution < 1.29 is 0 Å². The molecule has 0 bridgehead atoms. The number of nitrogens with one attached hydrogen (secondary N) is 1. The van der Waals surface area contributed by atoms with E-state index >= 15 is 0 Å². The van der Waals surface area contributed by atoms with Gasteiger partial charge in [0.05, 0.1) is 5.52 Å². The lowest BCUT2D eigenvalue weighted by atomic mass is 10.2. The van der Waals surface area contributed by atoms with E-state index in [1.807, 2.05) is 12.3 Å². The summed E-state index contributed by atoms with van der Waals surface area (Å²) in [6, 6.07) is 10.4. The van der Waals surface area contributed by atoms with E-state index in [4.69, 9.17) is 0 Å². The molecular formula is C13H16N2. The van der Waals surface area contributed by atoms with Crippen molar-refractivity contribution in [2.24, 2.45) is 0 Å². The Hall–Kier alpha value is -1.57. The summed E-state index contributed by atoms with van der Waals surface area (Å²) in [6.45, 7) is 3.23. The van der Waals surface area contributed by atoms with Gasteiger partial charge < -0.3 is 5.32 Å². The molecule has 0 unspecified atom stereocenters. The molecule has 15 heavy (non-hydrogen) atoms. The third kappa shape index (κ3) is 2.46. The van der Waals surface area contributed by atoms with Crippen molar-refractivity contribution in [2.75, 3.05) is 11.9 Å². The second kappa shape index (κ2) is 4.78. The van der Waals surface area contributed by atoms with Crippen molar-refractivity contribution in [3.63, 3.8) is 0 Å². The highest BCUT2D eigenvalue weighted by atomic mass is 14.9. The number of rotatable bonds is 4. The fourth-order valence-electron chi connectivity index (χ4n) is 1.59. The minimum absolute atomic E-state index is 1.04. The SMILES string of the molecule is CCCCNc1ccc2cccnc2c1. The minimum Gasteiger partial charge on any atom is -0.385 e. The highest BCUT2D eigenvalue weighted by Crippen LogP contribution is 2.16. The van der Waals surface area contributed by atoms with Gasteiger partial charge in [0, 0.05) is 23.8 Å². The van der Waals surface area contributed by atoms with Crippen LogP contribution in [0.25, 0.3) is 10.9 Å². The quantitative estimate of drug-likeness (QED) is 0.765. The van der Waals surface area contributed by atoms with E-state index in [1.165, 1.54) is 18.2 Å². The molecule has 2 rings (SSSR count). The van der Waals surface area contributed by atoms with Crippen LogP contribution in [0.3, 0.4) is 0 Å². The smallest absolute Gasteiger partial charge is 0.0722 e. The van der Waals surface area contributed by atoms with Gasteiger partial charge in [-0.2, -0.15) is 0 Å². The minimum atomic E-state index is 1.04. The van der Waals surface area contributed by atoms with Crippen molar-refractivity contribution in [1.82, 2.24) is 4.98 Å². The van der Waals surface area contributed by atoms with Gasteiger partial charge in [-0.1, -0.05) is 25.5 Å². The van der Waals surface area contributed by atoms with Crippen LogP contribution >= 0.6 is 0 Å². The predicted molar refractivity (Wildman–Crippen MR) is 65.1 cm³/mol. The first kappa shape index (κ1) is 9.97. The summed E-state index contributed by atoms with van der Waals surface area (Å²) in [6.07, 6.45) is 4.26. The third-order valence-electron chi connectivity index (χ3n) is 2.47. The van der Waals surface area contributed by atoms with Crippen LogP contribution in [-0.4, -0.2) is 11.5 Å². The molecule has 0 aliphatic rings. The van der Waals surface area contributed by atoms with Crippen LogP contribution in [0.1, 0.15) is 19.8 Å². The first-order valence-corrected chi connectivity index (χ1v) is 5.49. The molecule has 0 spiro atoms. The van der Waals surface area contributed by atoms with E-state index in [0.29, 0.717) is 0 Å². The lowest BCUT2D eigenvalue weighted by Gasteiger charge is -2.06. The Morgan fingerprint density at radius 3 is 3.07 bits per heavy atom. The first-order chi connectivity index (χ1) is 7.40. The van der Waals surface area contributed by atoms with Crippen molar-refractivity contribution >= 4 is 16.6 Å². The van der Waals surface area contributed by atoms with Crippen molar-refractivity contribution in [1.29, 1.82) is 0 Å². The van der Waals surface area contributed by atoms with Crippen LogP contribution < -0.4 is 5.32 Å². The maximum Gasteiger partial charge on any atom is 0.0722 e. The summed E-state index contributed by atoms with van der Waals surface area (Å²) in [5.41, 5.74) is 2.22. The zero-order valence-corrected chi connectivity index (χ0v) is 9.03. The van der Waals surface area contributed by atoms with E-state index in [-0.39, 0.29) is 0 Å². The Morgan fingerprint density at radius 2 is 2.20 bits per heavy atom. The molecule has 0 aliphatic carbocycles. The molecule has 0 saturated heterocycles. The van der Waals surface area contributed by atoms with Gasteiger partial charge in [-0.05, 0) is 24.6 Å². The highest BCUT2D eigenvalue weighted by Gasteiger charge is 1.95. The van der Waals surface area contributed by atoms with E-state index in [2.05, 4.69) is 41.5 Å². The lowest BCUT2D eigenvalue weighted by molar-refractivity contribution is 0.834. The summed E-state index contributed by atoms with van der Waals surface area (Å²) < 4.78 is 0. The second-order valence-electron chi connectivity index (χ2n) is 3.69. The molecule has 0 radical (unpaired) electrons. The predicted octanol–water partition coefficient (Wildman–Crippen LogP) is 3.45. The Labute approximate surface area is 90.3 Å². The molecule has 2 nitrogen and oxygen atoms in total. The first-order valence-electron chi connectivity index (χ1n) is 5.49. The standard InChI is InChI=1S/C13H16N2/c1-2-3-8-14-12-7-6-11-5-4-9-15-13(11)10-12/h4-7,9-10,14H,2-3,8H2,1H3. The molecule has 0 saturated carbocycles. The largest absolute Gasteiger partial charge is 0.385 e. The molecule has 78 valence electrons. The maximum absolute atomic E-state index is 4.33. The number of hydrogen-bond acceptors (Lipinski definition) is 2. The van der Waals surface area contributed by atoms with Crippen molar-refractivity contribution in [3.8, 4) is 0 Å². The molecule has 2 aromatic rings. The Kier molecular flexibility index (Phi) is 3.18. The summed E-state index contributed by atoms with van der Waals surface area (Å²) >= 11 is 0. The fourth-order valence-corrected chi connectivity index (χ4v) is 1.59. The average Bonchev–Trinajstić information content (AvgIpc) is 2.29. The normalized spacial score (nSPS) is 10.5. The van der Waals surface area contributed by atoms with Gasteiger partial charge >= 0.3 is 0 Å². The van der Waals surface area contributed by atoms with Crippen LogP contribution in [0.15, 0.2) is 36.5 Å². The number of anilines is 1. The van der Waals surface area contributed by atoms with E-state index in [0.717, 1.165) is 17.7 Å². The van der Waals surface area contributed by atoms with Gasteiger partial charge in [-0.15, -0.1) is 0 Å². The van der Waals surface area contributed by atoms with Crippen molar-refractivity contribution in [3.05, 3.63) is 36.5 Å². The van der Waals surface area contributed by atoms with Crippen LogP contribution in [0.4, 0.5) is 5.69 Å². The zero-order valence-electron chi connectivity index (χ0n) is 9.03. The van der Waals surface area contributed by atoms with E-state index in [9.17, 15) is 0 Å². The summed E-state index contributed by atoms with van der Waals surface area (Å²) in [4.78, 5) is 4.33. The topological polar surface area (TPSA) is 24.9 Å². The molecule has 1 aromatic carbocycles. The van der Waals surface area contributed by atoms with Gasteiger partial charge in [0.2, 0.25) is 0 Å². The van der Waals surface area contributed by atoms with Crippen LogP contribution in [-0.2, 0) is 0 Å². The lowest BCUT2D eigenvalue weighted by Crippen LogP contribution is -2.00. The summed E-state index contributed by atoms with van der Waals surface area (Å²) in [7, 11) is 0. The number of nitrogens with zero attached hydrogens (tertiary/aromatic N) is 1. The number of aromatic nitrogens is 1. The molecule has 0 aliphatic heterocycles. The zero-order chi connectivity index (χ0) is 10.5.